The van der Waals surface area contributed by atoms with Gasteiger partial charge in [-0.05, 0) is 44.4 Å². The number of rotatable bonds is 6. The normalized spacial score (nSPS) is 17.1. The van der Waals surface area contributed by atoms with E-state index in [9.17, 15) is 18.0 Å². The first-order chi connectivity index (χ1) is 11.3. The van der Waals surface area contributed by atoms with E-state index in [1.165, 1.54) is 18.2 Å². The fourth-order valence-corrected chi connectivity index (χ4v) is 2.98. The second-order valence-corrected chi connectivity index (χ2v) is 5.72. The first-order valence-electron chi connectivity index (χ1n) is 8.03. The minimum atomic E-state index is -4.44. The van der Waals surface area contributed by atoms with Gasteiger partial charge in [-0.1, -0.05) is 24.6 Å². The number of hydrogen-bond acceptors (Lipinski definition) is 3. The van der Waals surface area contributed by atoms with Crippen molar-refractivity contribution in [2.24, 2.45) is 0 Å². The second-order valence-electron chi connectivity index (χ2n) is 5.72. The maximum absolute atomic E-state index is 13.4. The quantitative estimate of drug-likeness (QED) is 0.430. The van der Waals surface area contributed by atoms with Crippen LogP contribution in [-0.4, -0.2) is 19.2 Å². The van der Waals surface area contributed by atoms with Gasteiger partial charge in [-0.15, -0.1) is 0 Å². The third kappa shape index (κ3) is 3.74. The SMILES string of the molecule is CCOC(=O)/C(=C/C1(c2ccccc2C(F)(F)F)CCC1)OCC. The number of benzene rings is 1. The van der Waals surface area contributed by atoms with Gasteiger partial charge in [-0.2, -0.15) is 13.2 Å². The summed E-state index contributed by atoms with van der Waals surface area (Å²) >= 11 is 0. The van der Waals surface area contributed by atoms with Crippen LogP contribution in [0.25, 0.3) is 0 Å². The zero-order valence-electron chi connectivity index (χ0n) is 13.8. The van der Waals surface area contributed by atoms with Crippen molar-refractivity contribution in [1.82, 2.24) is 0 Å². The average molecular weight is 342 g/mol. The number of ether oxygens (including phenoxy) is 2. The highest BCUT2D eigenvalue weighted by atomic mass is 19.4. The molecule has 2 rings (SSSR count). The molecule has 1 fully saturated rings. The Hall–Kier alpha value is -1.98. The third-order valence-corrected chi connectivity index (χ3v) is 4.20. The first kappa shape index (κ1) is 18.4. The molecule has 0 amide bonds. The fourth-order valence-electron chi connectivity index (χ4n) is 2.98. The number of carbonyl (C=O) groups is 1. The molecule has 24 heavy (non-hydrogen) atoms. The maximum atomic E-state index is 13.4. The lowest BCUT2D eigenvalue weighted by atomic mass is 9.63. The maximum Gasteiger partial charge on any atom is 0.416 e. The van der Waals surface area contributed by atoms with Crippen LogP contribution in [0, 0.1) is 0 Å². The summed E-state index contributed by atoms with van der Waals surface area (Å²) in [5, 5.41) is 0. The lowest BCUT2D eigenvalue weighted by Gasteiger charge is -2.41. The van der Waals surface area contributed by atoms with Gasteiger partial charge in [0.05, 0.1) is 18.8 Å². The molecule has 132 valence electrons. The molecule has 1 aromatic carbocycles. The first-order valence-corrected chi connectivity index (χ1v) is 8.03. The van der Waals surface area contributed by atoms with Gasteiger partial charge in [0.25, 0.3) is 0 Å². The van der Waals surface area contributed by atoms with E-state index in [4.69, 9.17) is 9.47 Å². The molecule has 0 N–H and O–H groups in total. The van der Waals surface area contributed by atoms with Crippen LogP contribution >= 0.6 is 0 Å². The highest BCUT2D eigenvalue weighted by molar-refractivity contribution is 5.86. The summed E-state index contributed by atoms with van der Waals surface area (Å²) in [5.74, 6) is -0.661. The smallest absolute Gasteiger partial charge is 0.416 e. The Morgan fingerprint density at radius 3 is 2.29 bits per heavy atom. The molecule has 3 nitrogen and oxygen atoms in total. The molecule has 0 bridgehead atoms. The molecule has 1 saturated carbocycles. The van der Waals surface area contributed by atoms with Crippen molar-refractivity contribution in [3.8, 4) is 0 Å². The van der Waals surface area contributed by atoms with Gasteiger partial charge in [0.1, 0.15) is 0 Å². The van der Waals surface area contributed by atoms with Crippen LogP contribution in [0.4, 0.5) is 13.2 Å². The summed E-state index contributed by atoms with van der Waals surface area (Å²) in [5.41, 5.74) is -1.32. The molecule has 0 atom stereocenters. The van der Waals surface area contributed by atoms with E-state index in [0.29, 0.717) is 12.8 Å². The van der Waals surface area contributed by atoms with Crippen molar-refractivity contribution in [2.45, 2.75) is 44.7 Å². The monoisotopic (exact) mass is 342 g/mol. The molecule has 6 heteroatoms. The van der Waals surface area contributed by atoms with Crippen LogP contribution in [-0.2, 0) is 25.9 Å². The largest absolute Gasteiger partial charge is 0.487 e. The fraction of sp³-hybridized carbons (Fsp3) is 0.500. The molecule has 0 aromatic heterocycles. The van der Waals surface area contributed by atoms with Crippen molar-refractivity contribution in [3.63, 3.8) is 0 Å². The minimum absolute atomic E-state index is 0.0176. The van der Waals surface area contributed by atoms with E-state index in [-0.39, 0.29) is 24.5 Å². The predicted octanol–water partition coefficient (Wildman–Crippen LogP) is 4.61. The van der Waals surface area contributed by atoms with Gasteiger partial charge in [0.15, 0.2) is 0 Å². The van der Waals surface area contributed by atoms with E-state index in [1.54, 1.807) is 19.9 Å². The minimum Gasteiger partial charge on any atom is -0.487 e. The van der Waals surface area contributed by atoms with Crippen LogP contribution in [0.3, 0.4) is 0 Å². The standard InChI is InChI=1S/C18H21F3O3/c1-3-23-15(16(22)24-4-2)12-17(10-7-11-17)13-8-5-6-9-14(13)18(19,20)21/h5-6,8-9,12H,3-4,7,10-11H2,1-2H3/b15-12-. The molecule has 0 heterocycles. The number of halogens is 3. The van der Waals surface area contributed by atoms with E-state index in [0.717, 1.165) is 12.5 Å². The Bertz CT molecular complexity index is 616. The van der Waals surface area contributed by atoms with Gasteiger partial charge >= 0.3 is 12.1 Å². The predicted molar refractivity (Wildman–Crippen MR) is 83.3 cm³/mol. The summed E-state index contributed by atoms with van der Waals surface area (Å²) in [6, 6.07) is 5.52. The zero-order chi connectivity index (χ0) is 17.8. The van der Waals surface area contributed by atoms with Crippen molar-refractivity contribution in [1.29, 1.82) is 0 Å². The van der Waals surface area contributed by atoms with Crippen molar-refractivity contribution < 1.29 is 27.4 Å². The molecular formula is C18H21F3O3. The molecule has 0 saturated heterocycles. The van der Waals surface area contributed by atoms with Crippen molar-refractivity contribution in [3.05, 3.63) is 47.2 Å². The van der Waals surface area contributed by atoms with Crippen molar-refractivity contribution >= 4 is 5.97 Å². The summed E-state index contributed by atoms with van der Waals surface area (Å²) < 4.78 is 50.4. The molecule has 0 radical (unpaired) electrons. The third-order valence-electron chi connectivity index (χ3n) is 4.20. The van der Waals surface area contributed by atoms with E-state index in [2.05, 4.69) is 0 Å². The van der Waals surface area contributed by atoms with Gasteiger partial charge < -0.3 is 9.47 Å². The lowest BCUT2D eigenvalue weighted by Crippen LogP contribution is -2.35. The number of hydrogen-bond donors (Lipinski definition) is 0. The Morgan fingerprint density at radius 1 is 1.17 bits per heavy atom. The molecule has 0 aliphatic heterocycles. The van der Waals surface area contributed by atoms with Crippen LogP contribution in [0.5, 0.6) is 0 Å². The number of allylic oxidation sites excluding steroid dienone is 1. The van der Waals surface area contributed by atoms with Crippen LogP contribution in [0.2, 0.25) is 0 Å². The van der Waals surface area contributed by atoms with Crippen molar-refractivity contribution in [2.75, 3.05) is 13.2 Å². The zero-order valence-corrected chi connectivity index (χ0v) is 13.8. The molecule has 1 aliphatic rings. The Labute approximate surface area is 139 Å². The molecule has 0 spiro atoms. The van der Waals surface area contributed by atoms with Gasteiger partial charge in [-0.3, -0.25) is 0 Å². The lowest BCUT2D eigenvalue weighted by molar-refractivity contribution is -0.142. The molecule has 1 aliphatic carbocycles. The van der Waals surface area contributed by atoms with Gasteiger partial charge in [0, 0.05) is 5.41 Å². The topological polar surface area (TPSA) is 35.5 Å². The molecular weight excluding hydrogens is 321 g/mol. The Morgan fingerprint density at radius 2 is 1.79 bits per heavy atom. The molecule has 0 unspecified atom stereocenters. The molecule has 1 aromatic rings. The number of alkyl halides is 3. The van der Waals surface area contributed by atoms with Crippen LogP contribution in [0.15, 0.2) is 36.1 Å². The van der Waals surface area contributed by atoms with E-state index < -0.39 is 23.1 Å². The van der Waals surface area contributed by atoms with Crippen LogP contribution in [0.1, 0.15) is 44.2 Å². The van der Waals surface area contributed by atoms with E-state index >= 15 is 0 Å². The van der Waals surface area contributed by atoms with Gasteiger partial charge in [0.2, 0.25) is 5.76 Å². The van der Waals surface area contributed by atoms with Crippen LogP contribution < -0.4 is 0 Å². The average Bonchev–Trinajstić information content (AvgIpc) is 2.49. The summed E-state index contributed by atoms with van der Waals surface area (Å²) in [6.07, 6.45) is -1.05. The summed E-state index contributed by atoms with van der Waals surface area (Å²) in [7, 11) is 0. The summed E-state index contributed by atoms with van der Waals surface area (Å²) in [6.45, 7) is 3.79. The highest BCUT2D eigenvalue weighted by Gasteiger charge is 2.44. The van der Waals surface area contributed by atoms with Gasteiger partial charge in [-0.25, -0.2) is 4.79 Å². The number of carbonyl (C=O) groups excluding carboxylic acids is 1. The van der Waals surface area contributed by atoms with E-state index in [1.807, 2.05) is 0 Å². The Balaban J connectivity index is 2.49. The second kappa shape index (κ2) is 7.28. The Kier molecular flexibility index (Phi) is 5.57. The summed E-state index contributed by atoms with van der Waals surface area (Å²) in [4.78, 5) is 12.0. The number of esters is 1. The highest BCUT2D eigenvalue weighted by Crippen LogP contribution is 2.49.